The lowest BCUT2D eigenvalue weighted by atomic mass is 10.3. The number of hydrogen-bond acceptors (Lipinski definition) is 3. The van der Waals surface area contributed by atoms with Crippen LogP contribution < -0.4 is 0 Å². The largest absolute Gasteiger partial charge is 0.365 e. The summed E-state index contributed by atoms with van der Waals surface area (Å²) in [5.74, 6) is 0.0185. The summed E-state index contributed by atoms with van der Waals surface area (Å²) >= 11 is 1.58. The van der Waals surface area contributed by atoms with Gasteiger partial charge in [-0.25, -0.2) is 0 Å². The van der Waals surface area contributed by atoms with Crippen LogP contribution in [0.5, 0.6) is 0 Å². The highest BCUT2D eigenvalue weighted by Crippen LogP contribution is 2.24. The molecule has 1 aliphatic heterocycles. The van der Waals surface area contributed by atoms with Crippen LogP contribution in [0.1, 0.15) is 6.42 Å². The standard InChI is InChI=1S/C4H8O2S/c5-4(6)1-2-7-3-4/h5-6H,1-3H2. The molecule has 0 atom stereocenters. The Balaban J connectivity index is 2.40. The maximum absolute atomic E-state index is 8.73. The minimum absolute atomic E-state index is 0.479. The number of hydrogen-bond donors (Lipinski definition) is 2. The van der Waals surface area contributed by atoms with Crippen molar-refractivity contribution in [3.05, 3.63) is 0 Å². The van der Waals surface area contributed by atoms with Crippen LogP contribution in [0.4, 0.5) is 0 Å². The van der Waals surface area contributed by atoms with E-state index in [2.05, 4.69) is 0 Å². The van der Waals surface area contributed by atoms with Crippen molar-refractivity contribution in [2.75, 3.05) is 11.5 Å². The van der Waals surface area contributed by atoms with Crippen molar-refractivity contribution >= 4 is 11.8 Å². The zero-order chi connectivity index (χ0) is 5.33. The first-order chi connectivity index (χ1) is 3.21. The molecule has 0 unspecified atom stereocenters. The van der Waals surface area contributed by atoms with Crippen LogP contribution in [-0.2, 0) is 0 Å². The maximum Gasteiger partial charge on any atom is 0.172 e. The monoisotopic (exact) mass is 120 g/mol. The highest BCUT2D eigenvalue weighted by Gasteiger charge is 2.27. The summed E-state index contributed by atoms with van der Waals surface area (Å²) < 4.78 is 0. The zero-order valence-electron chi connectivity index (χ0n) is 3.92. The Labute approximate surface area is 46.5 Å². The molecular formula is C4H8O2S. The molecule has 0 aromatic rings. The van der Waals surface area contributed by atoms with Gasteiger partial charge in [-0.3, -0.25) is 0 Å². The summed E-state index contributed by atoms with van der Waals surface area (Å²) in [5.41, 5.74) is 0. The van der Waals surface area contributed by atoms with E-state index in [1.165, 1.54) is 0 Å². The summed E-state index contributed by atoms with van der Waals surface area (Å²) in [6, 6.07) is 0. The second-order valence-corrected chi connectivity index (χ2v) is 2.89. The maximum atomic E-state index is 8.73. The molecule has 42 valence electrons. The van der Waals surface area contributed by atoms with E-state index in [1.54, 1.807) is 11.8 Å². The summed E-state index contributed by atoms with van der Waals surface area (Å²) in [6.07, 6.45) is 0.525. The molecule has 1 fully saturated rings. The molecule has 2 nitrogen and oxygen atoms in total. The molecule has 3 heteroatoms. The fraction of sp³-hybridized carbons (Fsp3) is 1.00. The van der Waals surface area contributed by atoms with Gasteiger partial charge < -0.3 is 10.2 Å². The molecule has 1 aliphatic rings. The number of rotatable bonds is 0. The molecule has 1 rings (SSSR count). The lowest BCUT2D eigenvalue weighted by molar-refractivity contribution is -0.136. The Morgan fingerprint density at radius 1 is 1.43 bits per heavy atom. The van der Waals surface area contributed by atoms with Crippen LogP contribution in [-0.4, -0.2) is 27.5 Å². The van der Waals surface area contributed by atoms with Gasteiger partial charge in [-0.15, -0.1) is 0 Å². The Hall–Kier alpha value is 0.270. The molecule has 0 bridgehead atoms. The quantitative estimate of drug-likeness (QED) is 0.435. The highest BCUT2D eigenvalue weighted by atomic mass is 32.2. The predicted molar refractivity (Wildman–Crippen MR) is 29.1 cm³/mol. The molecule has 1 heterocycles. The first-order valence-corrected chi connectivity index (χ1v) is 3.39. The van der Waals surface area contributed by atoms with Crippen molar-refractivity contribution in [3.8, 4) is 0 Å². The van der Waals surface area contributed by atoms with Crippen molar-refractivity contribution in [1.29, 1.82) is 0 Å². The fourth-order valence-electron chi connectivity index (χ4n) is 0.543. The van der Waals surface area contributed by atoms with Crippen LogP contribution in [0, 0.1) is 0 Å². The van der Waals surface area contributed by atoms with E-state index in [0.717, 1.165) is 5.75 Å². The Morgan fingerprint density at radius 3 is 2.29 bits per heavy atom. The van der Waals surface area contributed by atoms with Gasteiger partial charge in [0.1, 0.15) is 0 Å². The Morgan fingerprint density at radius 2 is 2.14 bits per heavy atom. The van der Waals surface area contributed by atoms with Crippen LogP contribution in [0.2, 0.25) is 0 Å². The van der Waals surface area contributed by atoms with Gasteiger partial charge in [0.05, 0.1) is 0 Å². The Kier molecular flexibility index (Phi) is 1.28. The first-order valence-electron chi connectivity index (χ1n) is 2.23. The molecule has 2 N–H and O–H groups in total. The molecule has 0 amide bonds. The summed E-state index contributed by atoms with van der Waals surface area (Å²) in [4.78, 5) is 0. The summed E-state index contributed by atoms with van der Waals surface area (Å²) in [5, 5.41) is 17.5. The number of thioether (sulfide) groups is 1. The average Bonchev–Trinajstić information content (AvgIpc) is 1.84. The second-order valence-electron chi connectivity index (χ2n) is 1.79. The van der Waals surface area contributed by atoms with E-state index < -0.39 is 5.79 Å². The van der Waals surface area contributed by atoms with Gasteiger partial charge in [0, 0.05) is 12.2 Å². The van der Waals surface area contributed by atoms with Gasteiger partial charge in [0.25, 0.3) is 0 Å². The molecule has 7 heavy (non-hydrogen) atoms. The first kappa shape index (κ1) is 5.41. The lowest BCUT2D eigenvalue weighted by Crippen LogP contribution is -2.26. The van der Waals surface area contributed by atoms with Gasteiger partial charge in [-0.05, 0) is 5.75 Å². The minimum atomic E-state index is -1.34. The van der Waals surface area contributed by atoms with Crippen molar-refractivity contribution in [2.24, 2.45) is 0 Å². The second kappa shape index (κ2) is 1.65. The highest BCUT2D eigenvalue weighted by molar-refractivity contribution is 7.99. The molecule has 0 saturated carbocycles. The van der Waals surface area contributed by atoms with E-state index in [4.69, 9.17) is 10.2 Å². The molecule has 0 aromatic heterocycles. The Bertz CT molecular complexity index is 64.1. The summed E-state index contributed by atoms with van der Waals surface area (Å²) in [7, 11) is 0. The van der Waals surface area contributed by atoms with E-state index in [1.807, 2.05) is 0 Å². The topological polar surface area (TPSA) is 40.5 Å². The van der Waals surface area contributed by atoms with Crippen molar-refractivity contribution in [2.45, 2.75) is 12.2 Å². The molecular weight excluding hydrogens is 112 g/mol. The normalized spacial score (nSPS) is 28.3. The molecule has 0 radical (unpaired) electrons. The summed E-state index contributed by atoms with van der Waals surface area (Å²) in [6.45, 7) is 0. The van der Waals surface area contributed by atoms with Crippen LogP contribution in [0.3, 0.4) is 0 Å². The van der Waals surface area contributed by atoms with Gasteiger partial charge in [0.2, 0.25) is 0 Å². The predicted octanol–water partition coefficient (Wildman–Crippen LogP) is -0.196. The van der Waals surface area contributed by atoms with Crippen LogP contribution >= 0.6 is 11.8 Å². The lowest BCUT2D eigenvalue weighted by Gasteiger charge is -2.10. The van der Waals surface area contributed by atoms with Gasteiger partial charge in [0.15, 0.2) is 5.79 Å². The minimum Gasteiger partial charge on any atom is -0.365 e. The van der Waals surface area contributed by atoms with Crippen molar-refractivity contribution in [1.82, 2.24) is 0 Å². The van der Waals surface area contributed by atoms with Crippen LogP contribution in [0.15, 0.2) is 0 Å². The fourth-order valence-corrected chi connectivity index (χ4v) is 1.63. The zero-order valence-corrected chi connectivity index (χ0v) is 4.74. The van der Waals surface area contributed by atoms with E-state index >= 15 is 0 Å². The average molecular weight is 120 g/mol. The van der Waals surface area contributed by atoms with E-state index in [0.29, 0.717) is 12.2 Å². The SMILES string of the molecule is OC1(O)CCSC1. The third-order valence-electron chi connectivity index (χ3n) is 0.980. The van der Waals surface area contributed by atoms with Gasteiger partial charge in [-0.1, -0.05) is 0 Å². The number of aliphatic hydroxyl groups is 2. The van der Waals surface area contributed by atoms with Crippen LogP contribution in [0.25, 0.3) is 0 Å². The van der Waals surface area contributed by atoms with Gasteiger partial charge in [-0.2, -0.15) is 11.8 Å². The molecule has 0 aliphatic carbocycles. The van der Waals surface area contributed by atoms with Crippen molar-refractivity contribution in [3.63, 3.8) is 0 Å². The smallest absolute Gasteiger partial charge is 0.172 e. The van der Waals surface area contributed by atoms with E-state index in [9.17, 15) is 0 Å². The third kappa shape index (κ3) is 1.33. The third-order valence-corrected chi connectivity index (χ3v) is 2.14. The molecule has 0 spiro atoms. The molecule has 1 saturated heterocycles. The van der Waals surface area contributed by atoms with Crippen molar-refractivity contribution < 1.29 is 10.2 Å². The van der Waals surface area contributed by atoms with Gasteiger partial charge >= 0.3 is 0 Å². The van der Waals surface area contributed by atoms with E-state index in [-0.39, 0.29) is 0 Å². The molecule has 0 aromatic carbocycles.